The Hall–Kier alpha value is -1.36. The van der Waals surface area contributed by atoms with Crippen LogP contribution >= 0.6 is 11.6 Å². The van der Waals surface area contributed by atoms with E-state index < -0.39 is 0 Å². The highest BCUT2D eigenvalue weighted by Gasteiger charge is 2.21. The van der Waals surface area contributed by atoms with Crippen LogP contribution in [0, 0.1) is 0 Å². The highest BCUT2D eigenvalue weighted by atomic mass is 35.5. The van der Waals surface area contributed by atoms with Crippen molar-refractivity contribution in [2.24, 2.45) is 0 Å². The Labute approximate surface area is 118 Å². The zero-order valence-corrected chi connectivity index (χ0v) is 12.2. The number of carbonyl (C=O) groups is 1. The van der Waals surface area contributed by atoms with Crippen molar-refractivity contribution < 1.29 is 4.79 Å². The Morgan fingerprint density at radius 2 is 2.16 bits per heavy atom. The van der Waals surface area contributed by atoms with Crippen molar-refractivity contribution in [2.75, 3.05) is 11.9 Å². The van der Waals surface area contributed by atoms with E-state index in [2.05, 4.69) is 20.6 Å². The van der Waals surface area contributed by atoms with Crippen LogP contribution in [-0.2, 0) is 10.2 Å². The normalized spacial score (nSPS) is 20.0. The number of hydrogen-bond donors (Lipinski definition) is 2. The molecular formula is C13H19ClN4O. The van der Waals surface area contributed by atoms with Gasteiger partial charge >= 0.3 is 0 Å². The van der Waals surface area contributed by atoms with Crippen molar-refractivity contribution >= 4 is 23.3 Å². The lowest BCUT2D eigenvalue weighted by atomic mass is 9.96. The predicted octanol–water partition coefficient (Wildman–Crippen LogP) is 2.12. The van der Waals surface area contributed by atoms with Crippen LogP contribution in [0.3, 0.4) is 0 Å². The number of nitrogens with one attached hydrogen (secondary N) is 2. The van der Waals surface area contributed by atoms with Crippen LogP contribution in [0.1, 0.15) is 39.4 Å². The van der Waals surface area contributed by atoms with Crippen LogP contribution in [-0.4, -0.2) is 28.5 Å². The number of piperidine rings is 1. The molecule has 1 saturated heterocycles. The highest BCUT2D eigenvalue weighted by Crippen LogP contribution is 2.23. The van der Waals surface area contributed by atoms with Crippen molar-refractivity contribution in [3.63, 3.8) is 0 Å². The van der Waals surface area contributed by atoms with Gasteiger partial charge in [-0.05, 0) is 6.42 Å². The van der Waals surface area contributed by atoms with Gasteiger partial charge in [0.1, 0.15) is 16.8 Å². The summed E-state index contributed by atoms with van der Waals surface area (Å²) in [6.45, 7) is 6.75. The van der Waals surface area contributed by atoms with Gasteiger partial charge in [-0.15, -0.1) is 0 Å². The van der Waals surface area contributed by atoms with Gasteiger partial charge in [0.2, 0.25) is 5.91 Å². The molecule has 2 N–H and O–H groups in total. The molecule has 0 aromatic carbocycles. The first-order valence-electron chi connectivity index (χ1n) is 6.43. The Kier molecular flexibility index (Phi) is 3.94. The summed E-state index contributed by atoms with van der Waals surface area (Å²) in [5, 5.41) is 6.57. The van der Waals surface area contributed by atoms with Crippen LogP contribution in [0.15, 0.2) is 6.07 Å². The van der Waals surface area contributed by atoms with Crippen LogP contribution in [0.5, 0.6) is 0 Å². The van der Waals surface area contributed by atoms with Crippen molar-refractivity contribution in [1.29, 1.82) is 0 Å². The van der Waals surface area contributed by atoms with E-state index in [0.717, 1.165) is 6.42 Å². The van der Waals surface area contributed by atoms with Crippen LogP contribution < -0.4 is 10.6 Å². The van der Waals surface area contributed by atoms with Gasteiger partial charge in [0.05, 0.1) is 0 Å². The molecule has 0 saturated carbocycles. The minimum absolute atomic E-state index is 0.106. The number of rotatable bonds is 2. The molecule has 1 amide bonds. The molecule has 5 nitrogen and oxygen atoms in total. The third kappa shape index (κ3) is 3.80. The fourth-order valence-electron chi connectivity index (χ4n) is 1.89. The molecule has 2 heterocycles. The van der Waals surface area contributed by atoms with Crippen LogP contribution in [0.25, 0.3) is 0 Å². The molecule has 1 aromatic rings. The van der Waals surface area contributed by atoms with Gasteiger partial charge in [-0.1, -0.05) is 32.4 Å². The lowest BCUT2D eigenvalue weighted by molar-refractivity contribution is -0.122. The maximum atomic E-state index is 11.1. The summed E-state index contributed by atoms with van der Waals surface area (Å²) < 4.78 is 0. The van der Waals surface area contributed by atoms with E-state index in [9.17, 15) is 4.79 Å². The second kappa shape index (κ2) is 5.33. The first kappa shape index (κ1) is 14.1. The number of anilines is 1. The first-order chi connectivity index (χ1) is 8.84. The number of carbonyl (C=O) groups excluding carboxylic acids is 1. The summed E-state index contributed by atoms with van der Waals surface area (Å²) in [7, 11) is 0. The van der Waals surface area contributed by atoms with Gasteiger partial charge in [-0.2, -0.15) is 0 Å². The van der Waals surface area contributed by atoms with Gasteiger partial charge in [0, 0.05) is 30.5 Å². The molecule has 1 aliphatic rings. The molecule has 2 rings (SSSR count). The minimum Gasteiger partial charge on any atom is -0.365 e. The summed E-state index contributed by atoms with van der Waals surface area (Å²) in [5.41, 5.74) is -0.151. The predicted molar refractivity (Wildman–Crippen MR) is 75.4 cm³/mol. The Bertz CT molecular complexity index is 474. The number of nitrogens with zero attached hydrogens (tertiary/aromatic N) is 2. The third-order valence-electron chi connectivity index (χ3n) is 2.98. The number of hydrogen-bond acceptors (Lipinski definition) is 4. The zero-order chi connectivity index (χ0) is 14.0. The fraction of sp³-hybridized carbons (Fsp3) is 0.615. The van der Waals surface area contributed by atoms with E-state index in [1.54, 1.807) is 6.07 Å². The first-order valence-corrected chi connectivity index (χ1v) is 6.81. The molecule has 1 atom stereocenters. The van der Waals surface area contributed by atoms with Gasteiger partial charge in [-0.3, -0.25) is 4.79 Å². The minimum atomic E-state index is -0.151. The second-order valence-electron chi connectivity index (χ2n) is 5.83. The van der Waals surface area contributed by atoms with Gasteiger partial charge in [-0.25, -0.2) is 9.97 Å². The summed E-state index contributed by atoms with van der Waals surface area (Å²) in [5.74, 6) is 1.53. The molecular weight excluding hydrogens is 264 g/mol. The van der Waals surface area contributed by atoms with Crippen molar-refractivity contribution in [3.05, 3.63) is 17.0 Å². The van der Waals surface area contributed by atoms with E-state index in [4.69, 9.17) is 11.6 Å². The third-order valence-corrected chi connectivity index (χ3v) is 3.18. The molecule has 1 aromatic heterocycles. The average molecular weight is 283 g/mol. The molecule has 6 heteroatoms. The summed E-state index contributed by atoms with van der Waals surface area (Å²) >= 11 is 6.04. The molecule has 1 fully saturated rings. The van der Waals surface area contributed by atoms with E-state index in [0.29, 0.717) is 29.8 Å². The van der Waals surface area contributed by atoms with Gasteiger partial charge in [0.15, 0.2) is 0 Å². The SMILES string of the molecule is CC(C)(C)c1nc(Cl)cc(NC2CCC(=O)NC2)n1. The lowest BCUT2D eigenvalue weighted by Crippen LogP contribution is -2.42. The summed E-state index contributed by atoms with van der Waals surface area (Å²) in [6.07, 6.45) is 1.35. The zero-order valence-electron chi connectivity index (χ0n) is 11.5. The molecule has 1 aliphatic heterocycles. The monoisotopic (exact) mass is 282 g/mol. The number of aromatic nitrogens is 2. The van der Waals surface area contributed by atoms with E-state index in [1.807, 2.05) is 20.8 Å². The largest absolute Gasteiger partial charge is 0.365 e. The van der Waals surface area contributed by atoms with E-state index >= 15 is 0 Å². The molecule has 0 spiro atoms. The van der Waals surface area contributed by atoms with E-state index in [-0.39, 0.29) is 17.4 Å². The molecule has 1 unspecified atom stereocenters. The highest BCUT2D eigenvalue weighted by molar-refractivity contribution is 6.29. The van der Waals surface area contributed by atoms with Gasteiger partial charge < -0.3 is 10.6 Å². The maximum Gasteiger partial charge on any atom is 0.220 e. The molecule has 0 aliphatic carbocycles. The molecule has 19 heavy (non-hydrogen) atoms. The van der Waals surface area contributed by atoms with Crippen molar-refractivity contribution in [3.8, 4) is 0 Å². The molecule has 104 valence electrons. The smallest absolute Gasteiger partial charge is 0.220 e. The Balaban J connectivity index is 2.12. The standard InChI is InChI=1S/C13H19ClN4O/c1-13(2,3)12-17-9(14)6-10(18-12)16-8-4-5-11(19)15-7-8/h6,8H,4-5,7H2,1-3H3,(H,15,19)(H,16,17,18). The quantitative estimate of drug-likeness (QED) is 0.816. The Morgan fingerprint density at radius 3 is 2.74 bits per heavy atom. The fourth-order valence-corrected chi connectivity index (χ4v) is 2.08. The van der Waals surface area contributed by atoms with Gasteiger partial charge in [0.25, 0.3) is 0 Å². The van der Waals surface area contributed by atoms with E-state index in [1.165, 1.54) is 0 Å². The topological polar surface area (TPSA) is 66.9 Å². The average Bonchev–Trinajstić information content (AvgIpc) is 2.30. The lowest BCUT2D eigenvalue weighted by Gasteiger charge is -2.25. The van der Waals surface area contributed by atoms with Crippen molar-refractivity contribution in [1.82, 2.24) is 15.3 Å². The van der Waals surface area contributed by atoms with Crippen molar-refractivity contribution in [2.45, 2.75) is 45.1 Å². The number of halogens is 1. The van der Waals surface area contributed by atoms with Crippen LogP contribution in [0.2, 0.25) is 5.15 Å². The summed E-state index contributed by atoms with van der Waals surface area (Å²) in [6, 6.07) is 1.91. The molecule has 0 bridgehead atoms. The molecule has 0 radical (unpaired) electrons. The number of amides is 1. The second-order valence-corrected chi connectivity index (χ2v) is 6.22. The van der Waals surface area contributed by atoms with Crippen LogP contribution in [0.4, 0.5) is 5.82 Å². The maximum absolute atomic E-state index is 11.1. The summed E-state index contributed by atoms with van der Waals surface area (Å²) in [4.78, 5) is 19.9. The Morgan fingerprint density at radius 1 is 1.42 bits per heavy atom.